The van der Waals surface area contributed by atoms with E-state index in [-0.39, 0.29) is 16.4 Å². The smallest absolute Gasteiger partial charge is 0.338 e. The SMILES string of the molecule is CC(C)(C)NS(=O)(=O)c1ccc(C(=O)OCC(=O)NCCCc2ccccc2)cc1. The van der Waals surface area contributed by atoms with E-state index in [1.54, 1.807) is 20.8 Å². The Bertz CT molecular complexity index is 949. The number of esters is 1. The van der Waals surface area contributed by atoms with E-state index in [0.717, 1.165) is 12.8 Å². The summed E-state index contributed by atoms with van der Waals surface area (Å²) in [6, 6.07) is 15.3. The molecule has 0 fully saturated rings. The van der Waals surface area contributed by atoms with Gasteiger partial charge in [-0.05, 0) is 63.4 Å². The maximum Gasteiger partial charge on any atom is 0.338 e. The van der Waals surface area contributed by atoms with E-state index in [1.165, 1.54) is 29.8 Å². The summed E-state index contributed by atoms with van der Waals surface area (Å²) in [6.45, 7) is 5.31. The number of aryl methyl sites for hydroxylation is 1. The number of nitrogens with one attached hydrogen (secondary N) is 2. The number of amides is 1. The van der Waals surface area contributed by atoms with Crippen molar-refractivity contribution in [2.24, 2.45) is 0 Å². The number of ether oxygens (including phenoxy) is 1. The molecular formula is C22H28N2O5S. The molecule has 162 valence electrons. The van der Waals surface area contributed by atoms with E-state index in [0.29, 0.717) is 6.54 Å². The predicted octanol–water partition coefficient (Wildman–Crippen LogP) is 2.67. The minimum atomic E-state index is -3.69. The van der Waals surface area contributed by atoms with Crippen molar-refractivity contribution in [3.05, 3.63) is 65.7 Å². The second-order valence-corrected chi connectivity index (χ2v) is 9.58. The van der Waals surface area contributed by atoms with Crippen LogP contribution in [0, 0.1) is 0 Å². The van der Waals surface area contributed by atoms with Crippen molar-refractivity contribution in [3.63, 3.8) is 0 Å². The third kappa shape index (κ3) is 7.96. The standard InChI is InChI=1S/C22H28N2O5S/c1-22(2,3)24-30(27,28)19-13-11-18(12-14-19)21(26)29-16-20(25)23-15-7-10-17-8-5-4-6-9-17/h4-6,8-9,11-14,24H,7,10,15-16H2,1-3H3,(H,23,25). The van der Waals surface area contributed by atoms with Gasteiger partial charge in [0.15, 0.2) is 6.61 Å². The molecule has 0 aliphatic carbocycles. The van der Waals surface area contributed by atoms with Gasteiger partial charge in [0, 0.05) is 12.1 Å². The van der Waals surface area contributed by atoms with E-state index in [2.05, 4.69) is 10.0 Å². The molecule has 2 rings (SSSR count). The van der Waals surface area contributed by atoms with Crippen LogP contribution in [0.2, 0.25) is 0 Å². The Balaban J connectivity index is 1.77. The first-order valence-corrected chi connectivity index (χ1v) is 11.2. The normalized spacial score (nSPS) is 11.7. The second-order valence-electron chi connectivity index (χ2n) is 7.90. The lowest BCUT2D eigenvalue weighted by molar-refractivity contribution is -0.124. The summed E-state index contributed by atoms with van der Waals surface area (Å²) in [4.78, 5) is 24.0. The zero-order chi connectivity index (χ0) is 22.2. The van der Waals surface area contributed by atoms with Gasteiger partial charge in [-0.3, -0.25) is 4.79 Å². The summed E-state index contributed by atoms with van der Waals surface area (Å²) < 4.78 is 32.1. The highest BCUT2D eigenvalue weighted by Crippen LogP contribution is 2.14. The molecule has 0 aromatic heterocycles. The van der Waals surface area contributed by atoms with Crippen LogP contribution in [0.15, 0.2) is 59.5 Å². The molecular weight excluding hydrogens is 404 g/mol. The molecule has 2 aromatic carbocycles. The fourth-order valence-electron chi connectivity index (χ4n) is 2.66. The van der Waals surface area contributed by atoms with Gasteiger partial charge in [0.05, 0.1) is 10.5 Å². The molecule has 7 nitrogen and oxygen atoms in total. The zero-order valence-electron chi connectivity index (χ0n) is 17.5. The molecule has 0 heterocycles. The van der Waals surface area contributed by atoms with Crippen LogP contribution in [0.5, 0.6) is 0 Å². The number of sulfonamides is 1. The lowest BCUT2D eigenvalue weighted by Gasteiger charge is -2.20. The van der Waals surface area contributed by atoms with Crippen molar-refractivity contribution in [3.8, 4) is 0 Å². The molecule has 0 unspecified atom stereocenters. The molecule has 0 spiro atoms. The first kappa shape index (κ1) is 23.6. The Morgan fingerprint density at radius 3 is 2.20 bits per heavy atom. The summed E-state index contributed by atoms with van der Waals surface area (Å²) in [5.41, 5.74) is 0.744. The minimum absolute atomic E-state index is 0.0464. The maximum atomic E-state index is 12.3. The molecule has 2 aromatic rings. The lowest BCUT2D eigenvalue weighted by atomic mass is 10.1. The average Bonchev–Trinajstić information content (AvgIpc) is 2.68. The highest BCUT2D eigenvalue weighted by atomic mass is 32.2. The van der Waals surface area contributed by atoms with Gasteiger partial charge in [0.25, 0.3) is 5.91 Å². The Labute approximate surface area is 177 Å². The van der Waals surface area contributed by atoms with Crippen molar-refractivity contribution in [1.82, 2.24) is 10.0 Å². The van der Waals surface area contributed by atoms with Crippen LogP contribution < -0.4 is 10.0 Å². The first-order valence-electron chi connectivity index (χ1n) is 9.69. The fourth-order valence-corrected chi connectivity index (χ4v) is 4.08. The average molecular weight is 433 g/mol. The van der Waals surface area contributed by atoms with Crippen molar-refractivity contribution in [2.75, 3.05) is 13.2 Å². The maximum absolute atomic E-state index is 12.3. The van der Waals surface area contributed by atoms with E-state index in [1.807, 2.05) is 30.3 Å². The number of hydrogen-bond acceptors (Lipinski definition) is 5. The van der Waals surface area contributed by atoms with Gasteiger partial charge in [-0.25, -0.2) is 17.9 Å². The van der Waals surface area contributed by atoms with Gasteiger partial charge >= 0.3 is 5.97 Å². The van der Waals surface area contributed by atoms with Gasteiger partial charge < -0.3 is 10.1 Å². The molecule has 0 aliphatic rings. The van der Waals surface area contributed by atoms with Crippen LogP contribution in [-0.4, -0.2) is 39.0 Å². The number of carbonyl (C=O) groups is 2. The third-order valence-corrected chi connectivity index (χ3v) is 5.76. The summed E-state index contributed by atoms with van der Waals surface area (Å²) >= 11 is 0. The third-order valence-electron chi connectivity index (χ3n) is 3.98. The minimum Gasteiger partial charge on any atom is -0.452 e. The summed E-state index contributed by atoms with van der Waals surface area (Å²) in [7, 11) is -3.69. The molecule has 8 heteroatoms. The van der Waals surface area contributed by atoms with Gasteiger partial charge in [0.2, 0.25) is 10.0 Å². The molecule has 0 saturated heterocycles. The summed E-state index contributed by atoms with van der Waals surface area (Å²) in [5.74, 6) is -1.08. The number of rotatable bonds is 9. The largest absolute Gasteiger partial charge is 0.452 e. The molecule has 0 aliphatic heterocycles. The highest BCUT2D eigenvalue weighted by Gasteiger charge is 2.22. The Morgan fingerprint density at radius 1 is 0.967 bits per heavy atom. The summed E-state index contributed by atoms with van der Waals surface area (Å²) in [6.07, 6.45) is 1.63. The predicted molar refractivity (Wildman–Crippen MR) is 115 cm³/mol. The van der Waals surface area contributed by atoms with Crippen molar-refractivity contribution >= 4 is 21.9 Å². The van der Waals surface area contributed by atoms with Crippen molar-refractivity contribution < 1.29 is 22.7 Å². The number of hydrogen-bond donors (Lipinski definition) is 2. The van der Waals surface area contributed by atoms with E-state index < -0.39 is 28.1 Å². The summed E-state index contributed by atoms with van der Waals surface area (Å²) in [5, 5.41) is 2.71. The molecule has 2 N–H and O–H groups in total. The van der Waals surface area contributed by atoms with Crippen molar-refractivity contribution in [2.45, 2.75) is 44.0 Å². The van der Waals surface area contributed by atoms with Crippen molar-refractivity contribution in [1.29, 1.82) is 0 Å². The Morgan fingerprint density at radius 2 is 1.60 bits per heavy atom. The van der Waals surface area contributed by atoms with Crippen LogP contribution in [-0.2, 0) is 26.0 Å². The zero-order valence-corrected chi connectivity index (χ0v) is 18.3. The first-order chi connectivity index (χ1) is 14.1. The lowest BCUT2D eigenvalue weighted by Crippen LogP contribution is -2.40. The van der Waals surface area contributed by atoms with Gasteiger partial charge in [-0.2, -0.15) is 0 Å². The molecule has 0 atom stereocenters. The Hall–Kier alpha value is -2.71. The molecule has 0 bridgehead atoms. The molecule has 1 amide bonds. The van der Waals surface area contributed by atoms with Crippen LogP contribution in [0.1, 0.15) is 43.1 Å². The van der Waals surface area contributed by atoms with Crippen LogP contribution in [0.3, 0.4) is 0 Å². The van der Waals surface area contributed by atoms with Crippen LogP contribution in [0.4, 0.5) is 0 Å². The molecule has 0 radical (unpaired) electrons. The van der Waals surface area contributed by atoms with Crippen LogP contribution >= 0.6 is 0 Å². The van der Waals surface area contributed by atoms with Gasteiger partial charge in [-0.15, -0.1) is 0 Å². The van der Waals surface area contributed by atoms with Crippen LogP contribution in [0.25, 0.3) is 0 Å². The van der Waals surface area contributed by atoms with Gasteiger partial charge in [0.1, 0.15) is 0 Å². The Kier molecular flexibility index (Phi) is 8.14. The molecule has 0 saturated carbocycles. The second kappa shape index (κ2) is 10.4. The number of benzene rings is 2. The molecule has 30 heavy (non-hydrogen) atoms. The quantitative estimate of drug-likeness (QED) is 0.469. The van der Waals surface area contributed by atoms with E-state index in [9.17, 15) is 18.0 Å². The fraction of sp³-hybridized carbons (Fsp3) is 0.364. The van der Waals surface area contributed by atoms with E-state index >= 15 is 0 Å². The topological polar surface area (TPSA) is 102 Å². The number of carbonyl (C=O) groups excluding carboxylic acids is 2. The monoisotopic (exact) mass is 432 g/mol. The highest BCUT2D eigenvalue weighted by molar-refractivity contribution is 7.89. The van der Waals surface area contributed by atoms with E-state index in [4.69, 9.17) is 4.74 Å². The van der Waals surface area contributed by atoms with Gasteiger partial charge in [-0.1, -0.05) is 30.3 Å².